The third kappa shape index (κ3) is 1.85. The smallest absolute Gasteiger partial charge is 0.0711 e. The molecule has 0 nitrogen and oxygen atoms in total. The highest BCUT2D eigenvalue weighted by molar-refractivity contribution is 7.05. The fourth-order valence-corrected chi connectivity index (χ4v) is 13.4. The standard InChI is InChI=1S/C9H20Si2/c1-10(2,3)9-7-6-8-11(9,4)5/h7H,6,8H2,1-5H3. The Bertz CT molecular complexity index is 184. The maximum atomic E-state index is 2.55. The molecule has 0 saturated carbocycles. The van der Waals surface area contributed by atoms with Gasteiger partial charge in [-0.3, -0.25) is 0 Å². The molecule has 1 heterocycles. The molecule has 11 heavy (non-hydrogen) atoms. The quantitative estimate of drug-likeness (QED) is 0.548. The van der Waals surface area contributed by atoms with Crippen molar-refractivity contribution in [2.24, 2.45) is 0 Å². The first-order valence-corrected chi connectivity index (χ1v) is 11.3. The van der Waals surface area contributed by atoms with Gasteiger partial charge in [-0.25, -0.2) is 0 Å². The van der Waals surface area contributed by atoms with Crippen LogP contribution in [0.5, 0.6) is 0 Å². The van der Waals surface area contributed by atoms with E-state index in [9.17, 15) is 0 Å². The van der Waals surface area contributed by atoms with E-state index in [-0.39, 0.29) is 0 Å². The van der Waals surface area contributed by atoms with Crippen molar-refractivity contribution >= 4 is 16.1 Å². The summed E-state index contributed by atoms with van der Waals surface area (Å²) in [6.07, 6.45) is 3.93. The van der Waals surface area contributed by atoms with Crippen molar-refractivity contribution in [3.63, 3.8) is 0 Å². The van der Waals surface area contributed by atoms with E-state index in [1.165, 1.54) is 12.5 Å². The molecule has 0 atom stereocenters. The molecule has 0 spiro atoms. The maximum Gasteiger partial charge on any atom is 0.0711 e. The van der Waals surface area contributed by atoms with Crippen molar-refractivity contribution in [1.29, 1.82) is 0 Å². The van der Waals surface area contributed by atoms with Crippen molar-refractivity contribution < 1.29 is 0 Å². The van der Waals surface area contributed by atoms with Crippen LogP contribution in [-0.2, 0) is 0 Å². The highest BCUT2D eigenvalue weighted by Crippen LogP contribution is 2.35. The van der Waals surface area contributed by atoms with Crippen molar-refractivity contribution in [3.05, 3.63) is 10.9 Å². The Labute approximate surface area is 72.7 Å². The van der Waals surface area contributed by atoms with Crippen LogP contribution in [0.4, 0.5) is 0 Å². The van der Waals surface area contributed by atoms with E-state index in [0.29, 0.717) is 0 Å². The molecule has 1 aliphatic rings. The van der Waals surface area contributed by atoms with E-state index in [1.54, 1.807) is 0 Å². The second-order valence-corrected chi connectivity index (χ2v) is 15.6. The average molecular weight is 184 g/mol. The molecule has 0 aromatic rings. The summed E-state index contributed by atoms with van der Waals surface area (Å²) in [7, 11) is -1.82. The fourth-order valence-electron chi connectivity index (χ4n) is 2.31. The zero-order chi connectivity index (χ0) is 8.70. The number of hydrogen-bond donors (Lipinski definition) is 0. The predicted molar refractivity (Wildman–Crippen MR) is 58.3 cm³/mol. The van der Waals surface area contributed by atoms with Crippen LogP contribution in [0.3, 0.4) is 0 Å². The van der Waals surface area contributed by atoms with Crippen molar-refractivity contribution in [3.8, 4) is 0 Å². The van der Waals surface area contributed by atoms with Gasteiger partial charge in [-0.1, -0.05) is 49.7 Å². The molecule has 0 amide bonds. The fraction of sp³-hybridized carbons (Fsp3) is 0.778. The van der Waals surface area contributed by atoms with E-state index >= 15 is 0 Å². The lowest BCUT2D eigenvalue weighted by Crippen LogP contribution is -2.39. The molecule has 0 aromatic carbocycles. The summed E-state index contributed by atoms with van der Waals surface area (Å²) in [4.78, 5) is 1.92. The average Bonchev–Trinajstić information content (AvgIpc) is 2.06. The van der Waals surface area contributed by atoms with Crippen LogP contribution < -0.4 is 0 Å². The van der Waals surface area contributed by atoms with Crippen LogP contribution in [0, 0.1) is 0 Å². The van der Waals surface area contributed by atoms with Crippen LogP contribution in [0.15, 0.2) is 10.9 Å². The van der Waals surface area contributed by atoms with Crippen LogP contribution in [0.1, 0.15) is 6.42 Å². The molecule has 1 aliphatic heterocycles. The van der Waals surface area contributed by atoms with Gasteiger partial charge >= 0.3 is 0 Å². The van der Waals surface area contributed by atoms with E-state index in [1.807, 2.05) is 4.82 Å². The van der Waals surface area contributed by atoms with Gasteiger partial charge in [0.25, 0.3) is 0 Å². The lowest BCUT2D eigenvalue weighted by Gasteiger charge is -2.29. The molecule has 0 aromatic heterocycles. The van der Waals surface area contributed by atoms with Crippen molar-refractivity contribution in [1.82, 2.24) is 0 Å². The van der Waals surface area contributed by atoms with Crippen LogP contribution in [0.2, 0.25) is 38.8 Å². The molecule has 1 rings (SSSR count). The third-order valence-corrected chi connectivity index (χ3v) is 12.0. The summed E-state index contributed by atoms with van der Waals surface area (Å²) in [5, 5.41) is 0. The number of hydrogen-bond acceptors (Lipinski definition) is 0. The first-order chi connectivity index (χ1) is 4.84. The minimum atomic E-state index is -0.937. The SMILES string of the molecule is C[Si](C)(C)C1=CCC[Si]1(C)C. The molecule has 0 saturated heterocycles. The summed E-state index contributed by atoms with van der Waals surface area (Å²) in [6.45, 7) is 12.5. The van der Waals surface area contributed by atoms with Crippen molar-refractivity contribution in [2.45, 2.75) is 45.2 Å². The lowest BCUT2D eigenvalue weighted by molar-refractivity contribution is 1.21. The maximum absolute atomic E-state index is 2.55. The van der Waals surface area contributed by atoms with Gasteiger partial charge in [0.1, 0.15) is 0 Å². The summed E-state index contributed by atoms with van der Waals surface area (Å²) in [5.74, 6) is 0. The van der Waals surface area contributed by atoms with Crippen LogP contribution in [-0.4, -0.2) is 16.1 Å². The number of allylic oxidation sites excluding steroid dienone is 1. The first kappa shape index (κ1) is 9.26. The topological polar surface area (TPSA) is 0 Å². The summed E-state index contributed by atoms with van der Waals surface area (Å²) >= 11 is 0. The Balaban J connectivity index is 2.89. The Morgan fingerprint density at radius 1 is 1.27 bits per heavy atom. The van der Waals surface area contributed by atoms with Gasteiger partial charge in [0.2, 0.25) is 0 Å². The predicted octanol–water partition coefficient (Wildman–Crippen LogP) is 3.44. The molecule has 0 aliphatic carbocycles. The van der Waals surface area contributed by atoms with Gasteiger partial charge in [0, 0.05) is 0 Å². The van der Waals surface area contributed by atoms with Gasteiger partial charge in [0.15, 0.2) is 0 Å². The number of rotatable bonds is 1. The first-order valence-electron chi connectivity index (χ1n) is 4.55. The van der Waals surface area contributed by atoms with E-state index in [2.05, 4.69) is 38.8 Å². The van der Waals surface area contributed by atoms with Gasteiger partial charge in [-0.05, 0) is 6.42 Å². The normalized spacial score (nSPS) is 23.5. The highest BCUT2D eigenvalue weighted by Gasteiger charge is 2.36. The van der Waals surface area contributed by atoms with Gasteiger partial charge in [0.05, 0.1) is 16.1 Å². The summed E-state index contributed by atoms with van der Waals surface area (Å²) in [6, 6.07) is 1.51. The molecule has 0 radical (unpaired) electrons. The minimum absolute atomic E-state index is 0.882. The molecule has 0 N–H and O–H groups in total. The summed E-state index contributed by atoms with van der Waals surface area (Å²) in [5.41, 5.74) is 0. The van der Waals surface area contributed by atoms with Crippen LogP contribution in [0.25, 0.3) is 0 Å². The van der Waals surface area contributed by atoms with Gasteiger partial charge in [-0.15, -0.1) is 0 Å². The Hall–Kier alpha value is 0.174. The zero-order valence-corrected chi connectivity index (χ0v) is 10.5. The van der Waals surface area contributed by atoms with E-state index in [4.69, 9.17) is 0 Å². The Kier molecular flexibility index (Phi) is 2.18. The molecule has 2 heteroatoms. The van der Waals surface area contributed by atoms with Crippen molar-refractivity contribution in [2.75, 3.05) is 0 Å². The van der Waals surface area contributed by atoms with E-state index < -0.39 is 16.1 Å². The molecular formula is C9H20Si2. The Morgan fingerprint density at radius 3 is 2.00 bits per heavy atom. The highest BCUT2D eigenvalue weighted by atomic mass is 28.4. The molecular weight excluding hydrogens is 164 g/mol. The second kappa shape index (κ2) is 2.59. The largest absolute Gasteiger partial charge is 0.0947 e. The van der Waals surface area contributed by atoms with Gasteiger partial charge in [-0.2, -0.15) is 0 Å². The minimum Gasteiger partial charge on any atom is -0.0947 e. The summed E-state index contributed by atoms with van der Waals surface area (Å²) < 4.78 is 0. The zero-order valence-electron chi connectivity index (χ0n) is 8.49. The van der Waals surface area contributed by atoms with Crippen LogP contribution >= 0.6 is 0 Å². The third-order valence-electron chi connectivity index (χ3n) is 2.65. The Morgan fingerprint density at radius 2 is 1.82 bits per heavy atom. The lowest BCUT2D eigenvalue weighted by atomic mass is 10.5. The second-order valence-electron chi connectivity index (χ2n) is 5.29. The monoisotopic (exact) mass is 184 g/mol. The van der Waals surface area contributed by atoms with E-state index in [0.717, 1.165) is 0 Å². The molecule has 0 fully saturated rings. The molecule has 0 unspecified atom stereocenters. The molecule has 64 valence electrons. The molecule has 0 bridgehead atoms. The van der Waals surface area contributed by atoms with Gasteiger partial charge < -0.3 is 0 Å².